The van der Waals surface area contributed by atoms with Gasteiger partial charge in [0.25, 0.3) is 0 Å². The van der Waals surface area contributed by atoms with E-state index in [4.69, 9.17) is 11.5 Å². The Labute approximate surface area is 124 Å². The fourth-order valence-electron chi connectivity index (χ4n) is 2.18. The van der Waals surface area contributed by atoms with Gasteiger partial charge in [0, 0.05) is 13.1 Å². The maximum atomic E-state index is 12.2. The second-order valence-corrected chi connectivity index (χ2v) is 5.10. The van der Waals surface area contributed by atoms with E-state index in [1.165, 1.54) is 4.90 Å². The third kappa shape index (κ3) is 6.16. The quantitative estimate of drug-likeness (QED) is 0.443. The number of carbonyl (C=O) groups is 3. The number of nitrogens with one attached hydrogen (secondary N) is 2. The lowest BCUT2D eigenvalue weighted by atomic mass is 10.1. The van der Waals surface area contributed by atoms with Crippen molar-refractivity contribution < 1.29 is 27.6 Å². The van der Waals surface area contributed by atoms with Crippen LogP contribution < -0.4 is 22.1 Å². The van der Waals surface area contributed by atoms with Gasteiger partial charge in [-0.15, -0.1) is 0 Å². The van der Waals surface area contributed by atoms with Gasteiger partial charge in [-0.05, 0) is 18.9 Å². The minimum absolute atomic E-state index is 0.116. The maximum Gasteiger partial charge on any atom is 0.401 e. The summed E-state index contributed by atoms with van der Waals surface area (Å²) in [5.74, 6) is -2.34. The molecule has 1 atom stereocenters. The van der Waals surface area contributed by atoms with Gasteiger partial charge in [0.15, 0.2) is 6.04 Å². The molecule has 0 aliphatic carbocycles. The van der Waals surface area contributed by atoms with Crippen LogP contribution in [0.3, 0.4) is 0 Å². The predicted molar refractivity (Wildman–Crippen MR) is 69.3 cm³/mol. The molecule has 11 heteroatoms. The minimum Gasteiger partial charge on any atom is -0.367 e. The number of urea groups is 1. The molecule has 1 aliphatic rings. The van der Waals surface area contributed by atoms with Crippen molar-refractivity contribution >= 4 is 17.8 Å². The molecule has 6 N–H and O–H groups in total. The van der Waals surface area contributed by atoms with Gasteiger partial charge >= 0.3 is 12.2 Å². The molecule has 1 aliphatic heterocycles. The Morgan fingerprint density at radius 3 is 2.32 bits per heavy atom. The SMILES string of the molecule is NC(=O)C(NC(=O)NC[C@@H]1CCN(CC(F)(F)F)C1)C(N)=O. The Morgan fingerprint density at radius 2 is 1.82 bits per heavy atom. The number of likely N-dealkylation sites (tertiary alicyclic amines) is 1. The molecule has 1 fully saturated rings. The maximum absolute atomic E-state index is 12.2. The monoisotopic (exact) mass is 325 g/mol. The van der Waals surface area contributed by atoms with Crippen LogP contribution in [0.15, 0.2) is 0 Å². The van der Waals surface area contributed by atoms with Crippen LogP contribution in [0.25, 0.3) is 0 Å². The van der Waals surface area contributed by atoms with Gasteiger partial charge in [-0.2, -0.15) is 13.2 Å². The van der Waals surface area contributed by atoms with Gasteiger partial charge in [-0.25, -0.2) is 4.79 Å². The van der Waals surface area contributed by atoms with Gasteiger partial charge in [-0.3, -0.25) is 14.5 Å². The molecular weight excluding hydrogens is 307 g/mol. The third-order valence-electron chi connectivity index (χ3n) is 3.17. The second-order valence-electron chi connectivity index (χ2n) is 5.10. The summed E-state index contributed by atoms with van der Waals surface area (Å²) in [5.41, 5.74) is 9.77. The average molecular weight is 325 g/mol. The summed E-state index contributed by atoms with van der Waals surface area (Å²) in [4.78, 5) is 34.5. The molecule has 0 aromatic carbocycles. The Kier molecular flexibility index (Phi) is 5.97. The summed E-state index contributed by atoms with van der Waals surface area (Å²) in [6.07, 6.45) is -3.75. The summed E-state index contributed by atoms with van der Waals surface area (Å²) in [7, 11) is 0. The van der Waals surface area contributed by atoms with E-state index in [0.29, 0.717) is 13.0 Å². The van der Waals surface area contributed by atoms with Crippen molar-refractivity contribution in [3.63, 3.8) is 0 Å². The van der Waals surface area contributed by atoms with E-state index in [0.717, 1.165) is 0 Å². The van der Waals surface area contributed by atoms with Gasteiger partial charge in [0.1, 0.15) is 0 Å². The van der Waals surface area contributed by atoms with Crippen molar-refractivity contribution in [2.75, 3.05) is 26.2 Å². The number of halogens is 3. The zero-order valence-electron chi connectivity index (χ0n) is 11.7. The number of rotatable bonds is 6. The van der Waals surface area contributed by atoms with Crippen LogP contribution in [0.5, 0.6) is 0 Å². The number of primary amides is 2. The highest BCUT2D eigenvalue weighted by Gasteiger charge is 2.34. The van der Waals surface area contributed by atoms with Crippen molar-refractivity contribution in [1.29, 1.82) is 0 Å². The van der Waals surface area contributed by atoms with Crippen LogP contribution in [0.1, 0.15) is 6.42 Å². The molecule has 0 spiro atoms. The lowest BCUT2D eigenvalue weighted by Crippen LogP contribution is -2.55. The van der Waals surface area contributed by atoms with Crippen molar-refractivity contribution in [1.82, 2.24) is 15.5 Å². The molecule has 0 aromatic heterocycles. The molecule has 8 nitrogen and oxygen atoms in total. The summed E-state index contributed by atoms with van der Waals surface area (Å²) in [5, 5.41) is 4.37. The van der Waals surface area contributed by atoms with Gasteiger partial charge < -0.3 is 22.1 Å². The first-order chi connectivity index (χ1) is 10.1. The molecular formula is C11H18F3N5O3. The number of nitrogens with two attached hydrogens (primary N) is 2. The van der Waals surface area contributed by atoms with Crippen molar-refractivity contribution in [2.45, 2.75) is 18.6 Å². The summed E-state index contributed by atoms with van der Waals surface area (Å²) >= 11 is 0. The first-order valence-corrected chi connectivity index (χ1v) is 6.50. The Bertz CT molecular complexity index is 429. The van der Waals surface area contributed by atoms with Crippen molar-refractivity contribution in [3.05, 3.63) is 0 Å². The first-order valence-electron chi connectivity index (χ1n) is 6.50. The van der Waals surface area contributed by atoms with E-state index in [1.54, 1.807) is 0 Å². The Hall–Kier alpha value is -2.04. The number of hydrogen-bond donors (Lipinski definition) is 4. The fraction of sp³-hybridized carbons (Fsp3) is 0.727. The molecule has 4 amide bonds. The van der Waals surface area contributed by atoms with Gasteiger partial charge in [0.2, 0.25) is 11.8 Å². The van der Waals surface area contributed by atoms with Crippen LogP contribution in [0.4, 0.5) is 18.0 Å². The van der Waals surface area contributed by atoms with Gasteiger partial charge in [0.05, 0.1) is 6.54 Å². The zero-order chi connectivity index (χ0) is 16.9. The number of carbonyl (C=O) groups excluding carboxylic acids is 3. The molecule has 0 aromatic rings. The van der Waals surface area contributed by atoms with Crippen molar-refractivity contribution in [2.24, 2.45) is 17.4 Å². The topological polar surface area (TPSA) is 131 Å². The normalized spacial score (nSPS) is 19.2. The van der Waals surface area contributed by atoms with Crippen molar-refractivity contribution in [3.8, 4) is 0 Å². The zero-order valence-corrected chi connectivity index (χ0v) is 11.7. The Morgan fingerprint density at radius 1 is 1.23 bits per heavy atom. The molecule has 1 rings (SSSR count). The highest BCUT2D eigenvalue weighted by Crippen LogP contribution is 2.22. The van der Waals surface area contributed by atoms with Crippen LogP contribution in [-0.4, -0.2) is 61.1 Å². The molecule has 0 radical (unpaired) electrons. The smallest absolute Gasteiger partial charge is 0.367 e. The van der Waals surface area contributed by atoms with E-state index in [-0.39, 0.29) is 19.0 Å². The second kappa shape index (κ2) is 7.29. The minimum atomic E-state index is -4.25. The van der Waals surface area contributed by atoms with E-state index in [9.17, 15) is 27.6 Å². The highest BCUT2D eigenvalue weighted by molar-refractivity contribution is 6.05. The Balaban J connectivity index is 2.33. The van der Waals surface area contributed by atoms with Crippen LogP contribution in [0, 0.1) is 5.92 Å². The summed E-state index contributed by atoms with van der Waals surface area (Å²) in [6, 6.07) is -2.47. The number of alkyl halides is 3. The van der Waals surface area contributed by atoms with E-state index in [2.05, 4.69) is 5.32 Å². The fourth-order valence-corrected chi connectivity index (χ4v) is 2.18. The molecule has 0 bridgehead atoms. The predicted octanol–water partition coefficient (Wildman–Crippen LogP) is -1.49. The van der Waals surface area contributed by atoms with E-state index >= 15 is 0 Å². The molecule has 22 heavy (non-hydrogen) atoms. The summed E-state index contributed by atoms with van der Waals surface area (Å²) in [6.45, 7) is -0.376. The molecule has 0 saturated carbocycles. The average Bonchev–Trinajstić information content (AvgIpc) is 2.77. The molecule has 1 saturated heterocycles. The molecule has 126 valence electrons. The largest absolute Gasteiger partial charge is 0.401 e. The van der Waals surface area contributed by atoms with E-state index in [1.807, 2.05) is 5.32 Å². The molecule has 1 heterocycles. The van der Waals surface area contributed by atoms with Crippen LogP contribution in [0.2, 0.25) is 0 Å². The standard InChI is InChI=1S/C11H18F3N5O3/c12-11(13,14)5-19-2-1-6(4-19)3-17-10(22)18-7(8(15)20)9(16)21/h6-7H,1-5H2,(H2,15,20)(H2,16,21)(H2,17,18,22)/t6-/m0/s1. The lowest BCUT2D eigenvalue weighted by Gasteiger charge is -2.18. The number of nitrogens with zero attached hydrogens (tertiary/aromatic N) is 1. The number of hydrogen-bond acceptors (Lipinski definition) is 4. The van der Waals surface area contributed by atoms with Gasteiger partial charge in [-0.1, -0.05) is 0 Å². The molecule has 0 unspecified atom stereocenters. The summed E-state index contributed by atoms with van der Waals surface area (Å²) < 4.78 is 36.7. The first kappa shape index (κ1) is 18.0. The third-order valence-corrected chi connectivity index (χ3v) is 3.17. The van der Waals surface area contributed by atoms with Crippen LogP contribution >= 0.6 is 0 Å². The van der Waals surface area contributed by atoms with Crippen LogP contribution in [-0.2, 0) is 9.59 Å². The number of amides is 4. The highest BCUT2D eigenvalue weighted by atomic mass is 19.4. The lowest BCUT2D eigenvalue weighted by molar-refractivity contribution is -0.143. The van der Waals surface area contributed by atoms with E-state index < -0.39 is 36.6 Å².